The minimum Gasteiger partial charge on any atom is -0.367 e. The van der Waals surface area contributed by atoms with Crippen molar-refractivity contribution in [1.29, 1.82) is 5.26 Å². The smallest absolute Gasteiger partial charge is 0.125 e. The molecule has 0 aliphatic heterocycles. The Balaban J connectivity index is 2.11. The van der Waals surface area contributed by atoms with Crippen molar-refractivity contribution in [1.82, 2.24) is 0 Å². The number of rotatable bonds is 4. The molecule has 0 amide bonds. The highest BCUT2D eigenvalue weighted by Crippen LogP contribution is 2.35. The van der Waals surface area contributed by atoms with E-state index in [1.165, 1.54) is 31.4 Å². The van der Waals surface area contributed by atoms with E-state index in [9.17, 15) is 9.65 Å². The number of hydrogen-bond acceptors (Lipinski definition) is 2. The normalized spacial score (nSPS) is 18.6. The van der Waals surface area contributed by atoms with Crippen LogP contribution in [0.1, 0.15) is 38.2 Å². The summed E-state index contributed by atoms with van der Waals surface area (Å²) < 4.78 is 13.3. The van der Waals surface area contributed by atoms with Crippen LogP contribution < -0.4 is 5.32 Å². The molecule has 1 atom stereocenters. The Kier molecular flexibility index (Phi) is 3.56. The number of nitrogens with zero attached hydrogens (tertiary/aromatic N) is 1. The first-order valence-electron chi connectivity index (χ1n) is 6.47. The fourth-order valence-electron chi connectivity index (χ4n) is 2.53. The van der Waals surface area contributed by atoms with E-state index in [1.807, 2.05) is 19.9 Å². The number of nitrogens with one attached hydrogen (secondary N) is 1. The summed E-state index contributed by atoms with van der Waals surface area (Å²) in [6.07, 6.45) is 4.52. The molecular weight excluding hydrogens is 227 g/mol. The maximum absolute atomic E-state index is 13.3. The quantitative estimate of drug-likeness (QED) is 0.871. The van der Waals surface area contributed by atoms with Crippen molar-refractivity contribution in [3.05, 3.63) is 29.6 Å². The van der Waals surface area contributed by atoms with Gasteiger partial charge in [0.05, 0.1) is 6.07 Å². The molecule has 2 nitrogen and oxygen atoms in total. The fraction of sp³-hybridized carbons (Fsp3) is 0.533. The van der Waals surface area contributed by atoms with Crippen LogP contribution in [-0.4, -0.2) is 5.54 Å². The highest BCUT2D eigenvalue weighted by atomic mass is 19.1. The SMILES string of the molecule is Cc1cc(F)cc(NC(C)(C#N)CC2CCC2)c1. The van der Waals surface area contributed by atoms with Crippen LogP contribution in [0.5, 0.6) is 0 Å². The minimum absolute atomic E-state index is 0.263. The maximum Gasteiger partial charge on any atom is 0.125 e. The summed E-state index contributed by atoms with van der Waals surface area (Å²) in [5.74, 6) is 0.373. The molecule has 0 spiro atoms. The molecule has 1 fully saturated rings. The summed E-state index contributed by atoms with van der Waals surface area (Å²) in [5, 5.41) is 12.5. The van der Waals surface area contributed by atoms with E-state index in [2.05, 4.69) is 11.4 Å². The van der Waals surface area contributed by atoms with E-state index in [4.69, 9.17) is 0 Å². The summed E-state index contributed by atoms with van der Waals surface area (Å²) in [7, 11) is 0. The van der Waals surface area contributed by atoms with Gasteiger partial charge in [-0.05, 0) is 49.9 Å². The number of hydrogen-bond donors (Lipinski definition) is 1. The lowest BCUT2D eigenvalue weighted by Crippen LogP contribution is -2.37. The molecule has 1 saturated carbocycles. The molecule has 1 aromatic carbocycles. The van der Waals surface area contributed by atoms with Crippen LogP contribution in [0, 0.1) is 30.0 Å². The number of anilines is 1. The third-order valence-electron chi connectivity index (χ3n) is 3.63. The van der Waals surface area contributed by atoms with Crippen LogP contribution in [0.15, 0.2) is 18.2 Å². The molecule has 0 aromatic heterocycles. The van der Waals surface area contributed by atoms with Crippen molar-refractivity contribution in [2.45, 2.75) is 45.1 Å². The summed E-state index contributed by atoms with van der Waals surface area (Å²) >= 11 is 0. The highest BCUT2D eigenvalue weighted by Gasteiger charge is 2.31. The van der Waals surface area contributed by atoms with Gasteiger partial charge in [0.25, 0.3) is 0 Å². The number of nitriles is 1. The largest absolute Gasteiger partial charge is 0.367 e. The van der Waals surface area contributed by atoms with E-state index in [1.54, 1.807) is 0 Å². The third-order valence-corrected chi connectivity index (χ3v) is 3.63. The van der Waals surface area contributed by atoms with Crippen LogP contribution in [0.3, 0.4) is 0 Å². The minimum atomic E-state index is -0.606. The van der Waals surface area contributed by atoms with Crippen LogP contribution in [0.4, 0.5) is 10.1 Å². The third kappa shape index (κ3) is 3.01. The molecular formula is C15H19FN2. The van der Waals surface area contributed by atoms with Gasteiger partial charge in [0.2, 0.25) is 0 Å². The lowest BCUT2D eigenvalue weighted by molar-refractivity contribution is 0.267. The molecule has 1 aromatic rings. The average Bonchev–Trinajstić information content (AvgIpc) is 2.22. The molecule has 0 saturated heterocycles. The Morgan fingerprint density at radius 1 is 1.44 bits per heavy atom. The summed E-state index contributed by atoms with van der Waals surface area (Å²) in [6, 6.07) is 7.14. The number of halogens is 1. The Morgan fingerprint density at radius 2 is 2.17 bits per heavy atom. The topological polar surface area (TPSA) is 35.8 Å². The zero-order chi connectivity index (χ0) is 13.2. The molecule has 1 aliphatic rings. The van der Waals surface area contributed by atoms with E-state index in [-0.39, 0.29) is 5.82 Å². The molecule has 18 heavy (non-hydrogen) atoms. The second-order valence-corrected chi connectivity index (χ2v) is 5.59. The monoisotopic (exact) mass is 246 g/mol. The van der Waals surface area contributed by atoms with Crippen molar-refractivity contribution >= 4 is 5.69 Å². The maximum atomic E-state index is 13.3. The van der Waals surface area contributed by atoms with E-state index < -0.39 is 5.54 Å². The molecule has 1 N–H and O–H groups in total. The van der Waals surface area contributed by atoms with Crippen molar-refractivity contribution in [2.24, 2.45) is 5.92 Å². The lowest BCUT2D eigenvalue weighted by Gasteiger charge is -2.33. The Labute approximate surface area is 108 Å². The highest BCUT2D eigenvalue weighted by molar-refractivity contribution is 5.49. The van der Waals surface area contributed by atoms with E-state index in [0.29, 0.717) is 11.6 Å². The molecule has 96 valence electrons. The van der Waals surface area contributed by atoms with Crippen molar-refractivity contribution in [3.63, 3.8) is 0 Å². The standard InChI is InChI=1S/C15H19FN2/c1-11-6-13(16)8-14(7-11)18-15(2,10-17)9-12-4-3-5-12/h6-8,12,18H,3-5,9H2,1-2H3. The Bertz CT molecular complexity index is 454. The summed E-state index contributed by atoms with van der Waals surface area (Å²) in [5.41, 5.74) is 0.947. The second-order valence-electron chi connectivity index (χ2n) is 5.59. The van der Waals surface area contributed by atoms with Crippen LogP contribution in [-0.2, 0) is 0 Å². The van der Waals surface area contributed by atoms with E-state index in [0.717, 1.165) is 12.0 Å². The van der Waals surface area contributed by atoms with E-state index >= 15 is 0 Å². The Morgan fingerprint density at radius 3 is 2.67 bits per heavy atom. The van der Waals surface area contributed by atoms with Crippen LogP contribution in [0.2, 0.25) is 0 Å². The predicted molar refractivity (Wildman–Crippen MR) is 70.7 cm³/mol. The van der Waals surface area contributed by atoms with Gasteiger partial charge in [-0.25, -0.2) is 4.39 Å². The van der Waals surface area contributed by atoms with Gasteiger partial charge in [0, 0.05) is 5.69 Å². The lowest BCUT2D eigenvalue weighted by atomic mass is 9.77. The van der Waals surface area contributed by atoms with Gasteiger partial charge in [-0.1, -0.05) is 19.3 Å². The van der Waals surface area contributed by atoms with Crippen LogP contribution >= 0.6 is 0 Å². The van der Waals surface area contributed by atoms with Gasteiger partial charge >= 0.3 is 0 Å². The van der Waals surface area contributed by atoms with Gasteiger partial charge in [-0.3, -0.25) is 0 Å². The molecule has 1 aliphatic carbocycles. The zero-order valence-corrected chi connectivity index (χ0v) is 11.0. The number of benzene rings is 1. The second kappa shape index (κ2) is 4.97. The zero-order valence-electron chi connectivity index (χ0n) is 11.0. The first kappa shape index (κ1) is 12.9. The van der Waals surface area contributed by atoms with Gasteiger partial charge in [-0.2, -0.15) is 5.26 Å². The van der Waals surface area contributed by atoms with Gasteiger partial charge in [0.15, 0.2) is 0 Å². The molecule has 3 heteroatoms. The van der Waals surface area contributed by atoms with Crippen molar-refractivity contribution < 1.29 is 4.39 Å². The Hall–Kier alpha value is -1.56. The van der Waals surface area contributed by atoms with Gasteiger partial charge in [-0.15, -0.1) is 0 Å². The van der Waals surface area contributed by atoms with Gasteiger partial charge < -0.3 is 5.32 Å². The molecule has 0 bridgehead atoms. The van der Waals surface area contributed by atoms with Crippen molar-refractivity contribution in [2.75, 3.05) is 5.32 Å². The summed E-state index contributed by atoms with van der Waals surface area (Å²) in [6.45, 7) is 3.75. The first-order valence-corrected chi connectivity index (χ1v) is 6.47. The number of aryl methyl sites for hydroxylation is 1. The molecule has 1 unspecified atom stereocenters. The van der Waals surface area contributed by atoms with Crippen molar-refractivity contribution in [3.8, 4) is 6.07 Å². The first-order chi connectivity index (χ1) is 8.50. The predicted octanol–water partition coefficient (Wildman–Crippen LogP) is 4.02. The van der Waals surface area contributed by atoms with Crippen LogP contribution in [0.25, 0.3) is 0 Å². The molecule has 2 rings (SSSR count). The van der Waals surface area contributed by atoms with Gasteiger partial charge in [0.1, 0.15) is 11.4 Å². The molecule has 0 heterocycles. The molecule has 0 radical (unpaired) electrons. The summed E-state index contributed by atoms with van der Waals surface area (Å²) in [4.78, 5) is 0. The average molecular weight is 246 g/mol. The fourth-order valence-corrected chi connectivity index (χ4v) is 2.53.